The summed E-state index contributed by atoms with van der Waals surface area (Å²) in [6.07, 6.45) is 2.47. The first-order valence-electron chi connectivity index (χ1n) is 5.22. The SMILES string of the molecule is COc1cc2c(cc1Cl)CCCC2C(=O)O. The minimum absolute atomic E-state index is 0.421. The molecule has 1 unspecified atom stereocenters. The highest BCUT2D eigenvalue weighted by atomic mass is 35.5. The fourth-order valence-corrected chi connectivity index (χ4v) is 2.48. The number of aliphatic carboxylic acids is 1. The Balaban J connectivity index is 2.50. The first-order chi connectivity index (χ1) is 7.63. The average molecular weight is 241 g/mol. The molecule has 0 heterocycles. The first kappa shape index (κ1) is 11.3. The van der Waals surface area contributed by atoms with Crippen molar-refractivity contribution in [3.63, 3.8) is 0 Å². The average Bonchev–Trinajstić information content (AvgIpc) is 2.26. The normalized spacial score (nSPS) is 19.0. The summed E-state index contributed by atoms with van der Waals surface area (Å²) in [5.74, 6) is -0.645. The Kier molecular flexibility index (Phi) is 3.06. The highest BCUT2D eigenvalue weighted by Gasteiger charge is 2.27. The van der Waals surface area contributed by atoms with Crippen LogP contribution in [0.5, 0.6) is 5.75 Å². The molecule has 86 valence electrons. The fourth-order valence-electron chi connectivity index (χ4n) is 2.22. The number of fused-ring (bicyclic) bond motifs is 1. The molecule has 1 aromatic rings. The van der Waals surface area contributed by atoms with Crippen molar-refractivity contribution in [2.24, 2.45) is 0 Å². The molecule has 2 rings (SSSR count). The van der Waals surface area contributed by atoms with Gasteiger partial charge in [-0.1, -0.05) is 11.6 Å². The molecule has 0 bridgehead atoms. The van der Waals surface area contributed by atoms with E-state index < -0.39 is 11.9 Å². The van der Waals surface area contributed by atoms with Gasteiger partial charge in [-0.05, 0) is 42.5 Å². The van der Waals surface area contributed by atoms with Crippen LogP contribution >= 0.6 is 11.6 Å². The molecule has 0 aliphatic heterocycles. The molecule has 0 aromatic heterocycles. The molecule has 0 radical (unpaired) electrons. The summed E-state index contributed by atoms with van der Waals surface area (Å²) in [7, 11) is 1.53. The van der Waals surface area contributed by atoms with Gasteiger partial charge >= 0.3 is 5.97 Å². The van der Waals surface area contributed by atoms with Crippen LogP contribution in [0.15, 0.2) is 12.1 Å². The maximum absolute atomic E-state index is 11.1. The van der Waals surface area contributed by atoms with E-state index in [2.05, 4.69) is 0 Å². The summed E-state index contributed by atoms with van der Waals surface area (Å²) in [6.45, 7) is 0. The van der Waals surface area contributed by atoms with E-state index in [-0.39, 0.29) is 0 Å². The zero-order valence-electron chi connectivity index (χ0n) is 9.00. The van der Waals surface area contributed by atoms with Crippen molar-refractivity contribution >= 4 is 17.6 Å². The third-order valence-electron chi connectivity index (χ3n) is 3.03. The zero-order valence-corrected chi connectivity index (χ0v) is 9.75. The van der Waals surface area contributed by atoms with Crippen LogP contribution in [0.4, 0.5) is 0 Å². The minimum Gasteiger partial charge on any atom is -0.495 e. The van der Waals surface area contributed by atoms with E-state index >= 15 is 0 Å². The van der Waals surface area contributed by atoms with Gasteiger partial charge < -0.3 is 9.84 Å². The number of aryl methyl sites for hydroxylation is 1. The van der Waals surface area contributed by atoms with E-state index in [4.69, 9.17) is 21.4 Å². The van der Waals surface area contributed by atoms with Gasteiger partial charge in [-0.15, -0.1) is 0 Å². The molecule has 1 aromatic carbocycles. The van der Waals surface area contributed by atoms with E-state index in [1.165, 1.54) is 7.11 Å². The number of rotatable bonds is 2. The van der Waals surface area contributed by atoms with Gasteiger partial charge in [0.05, 0.1) is 18.1 Å². The third kappa shape index (κ3) is 1.87. The van der Waals surface area contributed by atoms with Crippen LogP contribution in [0.2, 0.25) is 5.02 Å². The van der Waals surface area contributed by atoms with Crippen LogP contribution in [0.25, 0.3) is 0 Å². The van der Waals surface area contributed by atoms with Gasteiger partial charge in [0.15, 0.2) is 0 Å². The van der Waals surface area contributed by atoms with E-state index in [9.17, 15) is 4.79 Å². The molecular formula is C12H13ClO3. The van der Waals surface area contributed by atoms with E-state index in [0.29, 0.717) is 17.2 Å². The number of hydrogen-bond acceptors (Lipinski definition) is 2. The van der Waals surface area contributed by atoms with Crippen molar-refractivity contribution in [2.45, 2.75) is 25.2 Å². The number of halogens is 1. The van der Waals surface area contributed by atoms with Gasteiger partial charge in [0.25, 0.3) is 0 Å². The van der Waals surface area contributed by atoms with Gasteiger partial charge in [0.1, 0.15) is 5.75 Å². The molecule has 0 saturated heterocycles. The van der Waals surface area contributed by atoms with Crippen molar-refractivity contribution in [2.75, 3.05) is 7.11 Å². The van der Waals surface area contributed by atoms with Crippen LogP contribution < -0.4 is 4.74 Å². The second kappa shape index (κ2) is 4.34. The van der Waals surface area contributed by atoms with Gasteiger partial charge in [0.2, 0.25) is 0 Å². The number of carboxylic acids is 1. The second-order valence-electron chi connectivity index (χ2n) is 3.97. The van der Waals surface area contributed by atoms with Crippen LogP contribution in [0, 0.1) is 0 Å². The predicted octanol–water partition coefficient (Wildman–Crippen LogP) is 2.85. The monoisotopic (exact) mass is 240 g/mol. The molecule has 0 spiro atoms. The molecule has 16 heavy (non-hydrogen) atoms. The number of benzene rings is 1. The molecule has 0 amide bonds. The lowest BCUT2D eigenvalue weighted by atomic mass is 9.83. The Morgan fingerprint density at radius 1 is 1.56 bits per heavy atom. The van der Waals surface area contributed by atoms with Crippen LogP contribution in [-0.4, -0.2) is 18.2 Å². The molecule has 0 saturated carbocycles. The number of methoxy groups -OCH3 is 1. The van der Waals surface area contributed by atoms with Crippen LogP contribution in [0.1, 0.15) is 29.9 Å². The zero-order chi connectivity index (χ0) is 11.7. The van der Waals surface area contributed by atoms with Gasteiger partial charge in [-0.2, -0.15) is 0 Å². The Labute approximate surface area is 99.0 Å². The largest absolute Gasteiger partial charge is 0.495 e. The summed E-state index contributed by atoms with van der Waals surface area (Å²) >= 11 is 6.02. The fraction of sp³-hybridized carbons (Fsp3) is 0.417. The van der Waals surface area contributed by atoms with E-state index in [1.807, 2.05) is 6.07 Å². The smallest absolute Gasteiger partial charge is 0.310 e. The maximum Gasteiger partial charge on any atom is 0.310 e. The van der Waals surface area contributed by atoms with E-state index in [1.54, 1.807) is 6.07 Å². The topological polar surface area (TPSA) is 46.5 Å². The molecule has 1 N–H and O–H groups in total. The summed E-state index contributed by atoms with van der Waals surface area (Å²) in [6, 6.07) is 3.58. The number of carbonyl (C=O) groups is 1. The molecule has 0 fully saturated rings. The lowest BCUT2D eigenvalue weighted by Crippen LogP contribution is -2.18. The van der Waals surface area contributed by atoms with Crippen LogP contribution in [0.3, 0.4) is 0 Å². The summed E-state index contributed by atoms with van der Waals surface area (Å²) in [5, 5.41) is 9.69. The van der Waals surface area contributed by atoms with Gasteiger partial charge in [-0.25, -0.2) is 0 Å². The second-order valence-corrected chi connectivity index (χ2v) is 4.38. The number of hydrogen-bond donors (Lipinski definition) is 1. The number of carboxylic acid groups (broad SMARTS) is 1. The summed E-state index contributed by atoms with van der Waals surface area (Å²) in [4.78, 5) is 11.1. The Bertz CT molecular complexity index is 429. The Morgan fingerprint density at radius 3 is 2.94 bits per heavy atom. The Hall–Kier alpha value is -1.22. The highest BCUT2D eigenvalue weighted by Crippen LogP contribution is 2.37. The van der Waals surface area contributed by atoms with Crippen molar-refractivity contribution in [3.8, 4) is 5.75 Å². The quantitative estimate of drug-likeness (QED) is 0.865. The molecule has 1 aliphatic carbocycles. The highest BCUT2D eigenvalue weighted by molar-refractivity contribution is 6.32. The lowest BCUT2D eigenvalue weighted by molar-refractivity contribution is -0.139. The standard InChI is InChI=1S/C12H13ClO3/c1-16-11-6-9-7(5-10(11)13)3-2-4-8(9)12(14)15/h5-6,8H,2-4H2,1H3,(H,14,15). The Morgan fingerprint density at radius 2 is 2.31 bits per heavy atom. The predicted molar refractivity (Wildman–Crippen MR) is 61.3 cm³/mol. The summed E-state index contributed by atoms with van der Waals surface area (Å²) < 4.78 is 5.11. The maximum atomic E-state index is 11.1. The minimum atomic E-state index is -0.773. The molecule has 4 heteroatoms. The van der Waals surface area contributed by atoms with Crippen molar-refractivity contribution in [1.29, 1.82) is 0 Å². The van der Waals surface area contributed by atoms with Crippen molar-refractivity contribution in [3.05, 3.63) is 28.3 Å². The van der Waals surface area contributed by atoms with Crippen molar-refractivity contribution in [1.82, 2.24) is 0 Å². The molecule has 3 nitrogen and oxygen atoms in total. The third-order valence-corrected chi connectivity index (χ3v) is 3.32. The van der Waals surface area contributed by atoms with Crippen molar-refractivity contribution < 1.29 is 14.6 Å². The first-order valence-corrected chi connectivity index (χ1v) is 5.60. The number of ether oxygens (including phenoxy) is 1. The van der Waals surface area contributed by atoms with Gasteiger partial charge in [-0.3, -0.25) is 4.79 Å². The molecular weight excluding hydrogens is 228 g/mol. The van der Waals surface area contributed by atoms with Gasteiger partial charge in [0, 0.05) is 0 Å². The summed E-state index contributed by atoms with van der Waals surface area (Å²) in [5.41, 5.74) is 1.88. The van der Waals surface area contributed by atoms with E-state index in [0.717, 1.165) is 24.0 Å². The lowest BCUT2D eigenvalue weighted by Gasteiger charge is -2.23. The molecule has 1 atom stereocenters. The molecule has 1 aliphatic rings. The van der Waals surface area contributed by atoms with Crippen LogP contribution in [-0.2, 0) is 11.2 Å².